The van der Waals surface area contributed by atoms with E-state index in [1.165, 1.54) is 26.0 Å². The number of ketones is 4. The number of allylic oxidation sites excluding steroid dienone is 6. The highest BCUT2D eigenvalue weighted by atomic mass is 19.2. The number of anilines is 2. The number of aldehydes is 1. The summed E-state index contributed by atoms with van der Waals surface area (Å²) in [5.41, 5.74) is -8.92. The number of methoxy groups -OCH3 is 1. The number of hydrogen-bond donors (Lipinski definition) is 9. The maximum absolute atomic E-state index is 17.4. The lowest BCUT2D eigenvalue weighted by molar-refractivity contribution is -0.243. The number of benzene rings is 4. The number of aliphatic hydroxyl groups is 7. The zero-order valence-corrected chi connectivity index (χ0v) is 54.6. The van der Waals surface area contributed by atoms with Crippen LogP contribution in [0.4, 0.5) is 33.7 Å². The number of aliphatic hydroxyl groups excluding tert-OH is 5. The summed E-state index contributed by atoms with van der Waals surface area (Å²) in [5.74, 6) is -4.70. The van der Waals surface area contributed by atoms with Crippen molar-refractivity contribution in [1.82, 2.24) is 0 Å². The summed E-state index contributed by atoms with van der Waals surface area (Å²) in [4.78, 5) is 71.8. The molecule has 7 fully saturated rings. The summed E-state index contributed by atoms with van der Waals surface area (Å²) < 4.78 is 93.3. The van der Waals surface area contributed by atoms with Crippen LogP contribution in [-0.4, -0.2) is 162 Å². The number of nitrogens with two attached hydrogens (primary N) is 1. The summed E-state index contributed by atoms with van der Waals surface area (Å²) >= 11 is 0. The van der Waals surface area contributed by atoms with E-state index in [-0.39, 0.29) is 31.3 Å². The summed E-state index contributed by atoms with van der Waals surface area (Å²) in [6, 6.07) is 30.2. The van der Waals surface area contributed by atoms with E-state index in [4.69, 9.17) is 29.4 Å². The van der Waals surface area contributed by atoms with E-state index in [0.717, 1.165) is 36.3 Å². The van der Waals surface area contributed by atoms with E-state index in [1.807, 2.05) is 30.3 Å². The van der Waals surface area contributed by atoms with Gasteiger partial charge in [-0.05, 0) is 187 Å². The van der Waals surface area contributed by atoms with Crippen molar-refractivity contribution in [1.29, 1.82) is 0 Å². The molecule has 8 aliphatic carbocycles. The quantitative estimate of drug-likeness (QED) is 0.0408. The van der Waals surface area contributed by atoms with Crippen molar-refractivity contribution in [2.24, 2.45) is 39.9 Å². The Morgan fingerprint density at radius 2 is 1.20 bits per heavy atom. The van der Waals surface area contributed by atoms with Gasteiger partial charge in [0, 0.05) is 56.2 Å². The SMILES string of the molecule is CC(C)(C)OC(=O)Nc1ccc(Oc2ccc(C=O)cc2)cc1.COc1ccc([C@@H]2O[C@@H]3C[C@H]4[C@@H]5C[C@H](F)C6=CC(=O)C=C[C@]6(C)[C@@]5(F)[C@@H](O)C[C@]4(C)[C@]3(C(=O)CO)O2)cc1.C[C@]12C[C@H](O)[C@@]3(F)[C@@H](C[C@H](F)C4=CC(=O)C=C[C@@]43O)[C@@H]1C[C@@H](O)[C@]2(O)C(=O)CO.Nc1ccccc1. The van der Waals surface area contributed by atoms with Crippen LogP contribution in [0.3, 0.4) is 0 Å². The number of nitrogens with one attached hydrogen (secondary N) is 1. The Bertz CT molecular complexity index is 3790. The Morgan fingerprint density at radius 3 is 1.75 bits per heavy atom. The molecule has 9 aliphatic rings. The number of Topliss-reactive ketones (excluding diaryl/α,β-unsaturated/α-hetero) is 2. The van der Waals surface area contributed by atoms with Gasteiger partial charge in [0.25, 0.3) is 0 Å². The molecular weight excluding hydrogens is 1270 g/mol. The van der Waals surface area contributed by atoms with Gasteiger partial charge in [-0.25, -0.2) is 22.4 Å². The highest BCUT2D eigenvalue weighted by molar-refractivity contribution is 6.02. The molecule has 0 unspecified atom stereocenters. The molecule has 1 heterocycles. The first-order chi connectivity index (χ1) is 45.6. The lowest BCUT2D eigenvalue weighted by atomic mass is 9.44. The lowest BCUT2D eigenvalue weighted by Crippen LogP contribution is -2.74. The molecule has 4 aromatic carbocycles. The second kappa shape index (κ2) is 26.5. The van der Waals surface area contributed by atoms with Crippen LogP contribution in [0.25, 0.3) is 0 Å². The molecule has 520 valence electrons. The second-order valence-electron chi connectivity index (χ2n) is 28.1. The summed E-state index contributed by atoms with van der Waals surface area (Å²) in [5, 5.41) is 77.0. The second-order valence-corrected chi connectivity index (χ2v) is 28.1. The number of rotatable bonds is 10. The zero-order valence-electron chi connectivity index (χ0n) is 54.6. The van der Waals surface area contributed by atoms with Gasteiger partial charge >= 0.3 is 6.09 Å². The van der Waals surface area contributed by atoms with Crippen LogP contribution in [0.5, 0.6) is 17.2 Å². The van der Waals surface area contributed by atoms with E-state index >= 15 is 17.6 Å². The fourth-order valence-corrected chi connectivity index (χ4v) is 17.2. The Morgan fingerprint density at radius 1 is 0.670 bits per heavy atom. The number of carbonyl (C=O) groups is 6. The molecule has 0 aromatic heterocycles. The van der Waals surface area contributed by atoms with Gasteiger partial charge in [0.15, 0.2) is 52.0 Å². The summed E-state index contributed by atoms with van der Waals surface area (Å²) in [6.45, 7) is 8.22. The van der Waals surface area contributed by atoms with Gasteiger partial charge in [-0.3, -0.25) is 29.3 Å². The minimum atomic E-state index is -2.80. The molecule has 0 bridgehead atoms. The molecule has 1 saturated heterocycles. The Kier molecular flexibility index (Phi) is 19.6. The lowest BCUT2D eigenvalue weighted by Gasteiger charge is -2.63. The van der Waals surface area contributed by atoms with E-state index in [1.54, 1.807) is 108 Å². The molecule has 24 heteroatoms. The Hall–Kier alpha value is -7.78. The molecule has 20 nitrogen and oxygen atoms in total. The van der Waals surface area contributed by atoms with Crippen LogP contribution in [-0.2, 0) is 33.4 Å². The first kappa shape index (κ1) is 72.0. The van der Waals surface area contributed by atoms with Crippen LogP contribution in [0.1, 0.15) is 102 Å². The van der Waals surface area contributed by atoms with Crippen molar-refractivity contribution in [2.45, 2.75) is 157 Å². The number of amides is 1. The molecule has 19 atom stereocenters. The maximum Gasteiger partial charge on any atom is 0.412 e. The number of ether oxygens (including phenoxy) is 5. The largest absolute Gasteiger partial charge is 0.497 e. The molecule has 1 amide bonds. The van der Waals surface area contributed by atoms with Gasteiger partial charge in [0.2, 0.25) is 0 Å². The average molecular weight is 1350 g/mol. The summed E-state index contributed by atoms with van der Waals surface area (Å²) in [7, 11) is 1.55. The minimum absolute atomic E-state index is 0.0396. The normalized spacial score (nSPS) is 37.6. The number of halogens is 4. The predicted octanol–water partition coefficient (Wildman–Crippen LogP) is 8.54. The third-order valence-corrected chi connectivity index (χ3v) is 21.8. The van der Waals surface area contributed by atoms with E-state index < -0.39 is 178 Å². The number of fused-ring (bicyclic) bond motifs is 12. The Balaban J connectivity index is 0.000000154. The number of hydrogen-bond acceptors (Lipinski definition) is 19. The van der Waals surface area contributed by atoms with Crippen LogP contribution in [0, 0.1) is 39.9 Å². The van der Waals surface area contributed by atoms with Gasteiger partial charge in [-0.2, -0.15) is 0 Å². The molecule has 97 heavy (non-hydrogen) atoms. The van der Waals surface area contributed by atoms with E-state index in [2.05, 4.69) is 5.32 Å². The molecule has 4 aromatic rings. The fourth-order valence-electron chi connectivity index (χ4n) is 17.2. The molecule has 13 rings (SSSR count). The topological polar surface area (TPSA) is 328 Å². The number of alkyl halides is 4. The highest BCUT2D eigenvalue weighted by Gasteiger charge is 2.81. The minimum Gasteiger partial charge on any atom is -0.497 e. The van der Waals surface area contributed by atoms with Crippen LogP contribution < -0.4 is 20.5 Å². The molecular formula is C73H82F4N2O18. The van der Waals surface area contributed by atoms with Crippen LogP contribution in [0.2, 0.25) is 0 Å². The third-order valence-electron chi connectivity index (χ3n) is 21.8. The van der Waals surface area contributed by atoms with Crippen molar-refractivity contribution in [3.05, 3.63) is 162 Å². The monoisotopic (exact) mass is 1350 g/mol. The van der Waals surface area contributed by atoms with Gasteiger partial charge in [-0.15, -0.1) is 0 Å². The van der Waals surface area contributed by atoms with Gasteiger partial charge in [0.05, 0.1) is 31.5 Å². The molecule has 10 N–H and O–H groups in total. The molecule has 0 spiro atoms. The van der Waals surface area contributed by atoms with Gasteiger partial charge in [-0.1, -0.05) is 50.3 Å². The van der Waals surface area contributed by atoms with Gasteiger partial charge < -0.3 is 65.2 Å². The average Bonchev–Trinajstić information content (AvgIpc) is 1.59. The molecule has 1 aliphatic heterocycles. The standard InChI is InChI=1S/C29H32F2O7.C20H24F2O7.C18H19NO4.C6H7N/c1-26-9-8-16(33)10-20(26)21(30)11-19-18-12-24-29(23(35)14-32,27(18,2)13-22(34)28(19,26)31)38-25(37-24)15-4-6-17(36-3)7-5-15;1-17-7-15(26)19(22)11(10(17)6-14(25)20(17,29)16(27)8-23)5-13(21)12-4-9(24)2-3-18(12,19)28;1-18(2,3)23-17(21)19-14-6-10-16(11-7-14)22-15-8-4-13(12-20)5-9-15;7-6-4-2-1-3-5-6/h4-10,18-19,21-22,24-25,32,34H,11-14H2,1-3H3;2-4,10-11,13-15,23,25-26,28-29H,5-8H2,1H3;4-12H,1-3H3,(H,19,21);1-5H,7H2/t18-,19-,21-,22-,24+,25+,26-,27-,28-,29+;10-,11-,13-,14+,15-,17-,18+,19-,20-;;/m00../s1. The fraction of sp³-hybridized carbons (Fsp3) is 0.479. The number of carbonyl (C=O) groups excluding carboxylic acids is 6. The maximum atomic E-state index is 17.4. The van der Waals surface area contributed by atoms with Crippen molar-refractivity contribution in [2.75, 3.05) is 31.4 Å². The predicted molar refractivity (Wildman–Crippen MR) is 343 cm³/mol. The molecule has 0 radical (unpaired) electrons. The highest BCUT2D eigenvalue weighted by Crippen LogP contribution is 2.73. The number of para-hydroxylation sites is 1. The summed E-state index contributed by atoms with van der Waals surface area (Å²) in [6.07, 6.45) is -5.27. The van der Waals surface area contributed by atoms with Crippen molar-refractivity contribution >= 4 is 46.9 Å². The van der Waals surface area contributed by atoms with Crippen molar-refractivity contribution in [3.63, 3.8) is 0 Å². The van der Waals surface area contributed by atoms with Crippen LogP contribution in [0.15, 0.2) is 151 Å². The Labute approximate surface area is 557 Å². The van der Waals surface area contributed by atoms with E-state index in [0.29, 0.717) is 34.1 Å². The third kappa shape index (κ3) is 12.0. The zero-order chi connectivity index (χ0) is 70.8. The number of nitrogen functional groups attached to an aromatic ring is 1. The first-order valence-electron chi connectivity index (χ1n) is 32.0. The smallest absolute Gasteiger partial charge is 0.412 e. The van der Waals surface area contributed by atoms with Crippen LogP contribution >= 0.6 is 0 Å². The first-order valence-corrected chi connectivity index (χ1v) is 32.0. The van der Waals surface area contributed by atoms with Crippen molar-refractivity contribution in [3.8, 4) is 17.2 Å². The molecule has 6 saturated carbocycles. The van der Waals surface area contributed by atoms with Crippen molar-refractivity contribution < 1.29 is 106 Å². The van der Waals surface area contributed by atoms with E-state index in [9.17, 15) is 64.5 Å². The van der Waals surface area contributed by atoms with Gasteiger partial charge in [0.1, 0.15) is 60.3 Å².